The number of para-hydroxylation sites is 1. The Morgan fingerprint density at radius 3 is 1.88 bits per heavy atom. The Hall–Kier alpha value is -6.10. The van der Waals surface area contributed by atoms with Gasteiger partial charge in [0, 0.05) is 47.8 Å². The van der Waals surface area contributed by atoms with Crippen LogP contribution in [-0.4, -0.2) is 14.5 Å². The van der Waals surface area contributed by atoms with Crippen molar-refractivity contribution in [3.8, 4) is 33.6 Å². The van der Waals surface area contributed by atoms with Gasteiger partial charge in [0.1, 0.15) is 0 Å². The number of benzene rings is 6. The van der Waals surface area contributed by atoms with Gasteiger partial charge in [0.05, 0.1) is 22.4 Å². The van der Waals surface area contributed by atoms with Crippen molar-refractivity contribution in [2.45, 2.75) is 12.8 Å². The molecule has 0 unspecified atom stereocenters. The lowest BCUT2D eigenvalue weighted by atomic mass is 10.00. The fourth-order valence-electron chi connectivity index (χ4n) is 7.53. The summed E-state index contributed by atoms with van der Waals surface area (Å²) in [5.41, 5.74) is 11.5. The molecule has 10 rings (SSSR count). The van der Waals surface area contributed by atoms with Crippen LogP contribution in [0.3, 0.4) is 0 Å². The third-order valence-electron chi connectivity index (χ3n) is 9.95. The van der Waals surface area contributed by atoms with Crippen molar-refractivity contribution in [1.82, 2.24) is 14.5 Å². The van der Waals surface area contributed by atoms with Gasteiger partial charge in [-0.15, -0.1) is 11.3 Å². The highest BCUT2D eigenvalue weighted by molar-refractivity contribution is 7.26. The molecule has 236 valence electrons. The predicted molar refractivity (Wildman–Crippen MR) is 212 cm³/mol. The number of allylic oxidation sites excluding steroid dienone is 4. The molecule has 0 radical (unpaired) electrons. The molecule has 0 amide bonds. The summed E-state index contributed by atoms with van der Waals surface area (Å²) < 4.78 is 5.13. The number of thiophene rings is 1. The molecule has 1 aliphatic rings. The summed E-state index contributed by atoms with van der Waals surface area (Å²) >= 11 is 1.89. The molecule has 0 N–H and O–H groups in total. The summed E-state index contributed by atoms with van der Waals surface area (Å²) in [4.78, 5) is 10.2. The molecule has 4 heteroatoms. The SMILES string of the molecule is C1=C(c2nc(-c3ccccc3)cc(-c3ccccc3)n2)CCC(n2c3ccccc3c3cc(-c4cccc5c4sc4ccccc45)ccc32)=C1. The molecular weight excluding hydrogens is 627 g/mol. The van der Waals surface area contributed by atoms with Crippen LogP contribution in [0.15, 0.2) is 164 Å². The van der Waals surface area contributed by atoms with Crippen molar-refractivity contribution in [2.75, 3.05) is 0 Å². The van der Waals surface area contributed by atoms with E-state index in [0.29, 0.717) is 0 Å². The smallest absolute Gasteiger partial charge is 0.156 e. The van der Waals surface area contributed by atoms with Gasteiger partial charge in [-0.1, -0.05) is 127 Å². The molecule has 0 atom stereocenters. The summed E-state index contributed by atoms with van der Waals surface area (Å²) in [6, 6.07) is 54.2. The van der Waals surface area contributed by atoms with Crippen molar-refractivity contribution in [3.63, 3.8) is 0 Å². The molecule has 3 nitrogen and oxygen atoms in total. The third kappa shape index (κ3) is 4.80. The van der Waals surface area contributed by atoms with Gasteiger partial charge in [0.25, 0.3) is 0 Å². The van der Waals surface area contributed by atoms with Crippen LogP contribution >= 0.6 is 11.3 Å². The van der Waals surface area contributed by atoms with Gasteiger partial charge >= 0.3 is 0 Å². The predicted octanol–water partition coefficient (Wildman–Crippen LogP) is 12.7. The lowest BCUT2D eigenvalue weighted by Crippen LogP contribution is -2.04. The van der Waals surface area contributed by atoms with Gasteiger partial charge in [0.15, 0.2) is 5.82 Å². The largest absolute Gasteiger partial charge is 0.313 e. The van der Waals surface area contributed by atoms with E-state index < -0.39 is 0 Å². The van der Waals surface area contributed by atoms with Gasteiger partial charge in [-0.2, -0.15) is 0 Å². The third-order valence-corrected chi connectivity index (χ3v) is 11.2. The number of hydrogen-bond donors (Lipinski definition) is 0. The topological polar surface area (TPSA) is 30.7 Å². The first-order valence-electron chi connectivity index (χ1n) is 17.1. The maximum atomic E-state index is 5.10. The van der Waals surface area contributed by atoms with Crippen LogP contribution < -0.4 is 0 Å². The van der Waals surface area contributed by atoms with E-state index in [0.717, 1.165) is 46.8 Å². The maximum absolute atomic E-state index is 5.10. The number of hydrogen-bond acceptors (Lipinski definition) is 3. The molecule has 50 heavy (non-hydrogen) atoms. The monoisotopic (exact) mass is 657 g/mol. The first-order valence-corrected chi connectivity index (χ1v) is 17.9. The van der Waals surface area contributed by atoms with Crippen LogP contribution in [0.25, 0.3) is 86.9 Å². The molecule has 9 aromatic rings. The standard InChI is InChI=1S/C46H31N3S/c1-3-12-30(13-4-1)40-29-41(31-14-5-2-6-15-31)48-46(47-40)32-22-25-34(26-23-32)49-42-20-9-7-16-36(42)39-28-33(24-27-43(39)49)35-18-11-19-38-37-17-8-10-21-44(37)50-45(35)38/h1-22,24-25,27-29H,23,26H2. The summed E-state index contributed by atoms with van der Waals surface area (Å²) in [5, 5.41) is 5.21. The highest BCUT2D eigenvalue weighted by Crippen LogP contribution is 2.42. The number of rotatable bonds is 5. The molecule has 1 aliphatic carbocycles. The van der Waals surface area contributed by atoms with Crippen molar-refractivity contribution < 1.29 is 0 Å². The fourth-order valence-corrected chi connectivity index (χ4v) is 8.77. The zero-order valence-corrected chi connectivity index (χ0v) is 28.1. The Labute approximate surface area is 294 Å². The molecule has 0 aliphatic heterocycles. The van der Waals surface area contributed by atoms with E-state index in [1.165, 1.54) is 58.8 Å². The van der Waals surface area contributed by atoms with Crippen LogP contribution in [0.4, 0.5) is 0 Å². The highest BCUT2D eigenvalue weighted by atomic mass is 32.1. The average Bonchev–Trinajstić information content (AvgIpc) is 3.74. The summed E-state index contributed by atoms with van der Waals surface area (Å²) in [6.07, 6.45) is 6.26. The molecule has 0 bridgehead atoms. The van der Waals surface area contributed by atoms with E-state index in [2.05, 4.69) is 156 Å². The fraction of sp³-hybridized carbons (Fsp3) is 0.0435. The summed E-state index contributed by atoms with van der Waals surface area (Å²) in [7, 11) is 0. The minimum atomic E-state index is 0.794. The first-order chi connectivity index (χ1) is 24.8. The average molecular weight is 658 g/mol. The van der Waals surface area contributed by atoms with Crippen LogP contribution in [-0.2, 0) is 0 Å². The van der Waals surface area contributed by atoms with E-state index in [-0.39, 0.29) is 0 Å². The molecule has 0 fully saturated rings. The van der Waals surface area contributed by atoms with E-state index in [1.807, 2.05) is 23.5 Å². The van der Waals surface area contributed by atoms with Gasteiger partial charge in [-0.25, -0.2) is 9.97 Å². The molecular formula is C46H31N3S. The van der Waals surface area contributed by atoms with Gasteiger partial charge in [-0.05, 0) is 65.9 Å². The van der Waals surface area contributed by atoms with Crippen molar-refractivity contribution >= 4 is 64.6 Å². The lowest BCUT2D eigenvalue weighted by molar-refractivity contribution is 0.969. The number of fused-ring (bicyclic) bond motifs is 6. The highest BCUT2D eigenvalue weighted by Gasteiger charge is 2.20. The Balaban J connectivity index is 1.08. The van der Waals surface area contributed by atoms with E-state index >= 15 is 0 Å². The number of aromatic nitrogens is 3. The zero-order chi connectivity index (χ0) is 33.0. The second-order valence-electron chi connectivity index (χ2n) is 12.9. The number of nitrogens with zero attached hydrogens (tertiary/aromatic N) is 3. The van der Waals surface area contributed by atoms with Crippen molar-refractivity contribution in [1.29, 1.82) is 0 Å². The van der Waals surface area contributed by atoms with E-state index in [4.69, 9.17) is 9.97 Å². The van der Waals surface area contributed by atoms with Gasteiger partial charge < -0.3 is 4.57 Å². The molecule has 6 aromatic carbocycles. The zero-order valence-electron chi connectivity index (χ0n) is 27.3. The lowest BCUT2D eigenvalue weighted by Gasteiger charge is -2.18. The summed E-state index contributed by atoms with van der Waals surface area (Å²) in [5.74, 6) is 0.794. The Bertz CT molecular complexity index is 2750. The van der Waals surface area contributed by atoms with Crippen LogP contribution in [0.2, 0.25) is 0 Å². The van der Waals surface area contributed by atoms with Crippen molar-refractivity contribution in [2.24, 2.45) is 0 Å². The van der Waals surface area contributed by atoms with Crippen LogP contribution in [0.1, 0.15) is 18.7 Å². The van der Waals surface area contributed by atoms with E-state index in [9.17, 15) is 0 Å². The molecule has 3 aromatic heterocycles. The van der Waals surface area contributed by atoms with Gasteiger partial charge in [-0.3, -0.25) is 0 Å². The summed E-state index contributed by atoms with van der Waals surface area (Å²) in [6.45, 7) is 0. The Morgan fingerprint density at radius 2 is 1.14 bits per heavy atom. The molecule has 0 saturated heterocycles. The van der Waals surface area contributed by atoms with Crippen LogP contribution in [0.5, 0.6) is 0 Å². The Kier molecular flexibility index (Phi) is 6.81. The second kappa shape index (κ2) is 11.8. The second-order valence-corrected chi connectivity index (χ2v) is 14.0. The first kappa shape index (κ1) is 28.9. The van der Waals surface area contributed by atoms with Crippen molar-refractivity contribution in [3.05, 3.63) is 170 Å². The molecule has 0 spiro atoms. The Morgan fingerprint density at radius 1 is 0.480 bits per heavy atom. The van der Waals surface area contributed by atoms with Crippen LogP contribution in [0, 0.1) is 0 Å². The minimum Gasteiger partial charge on any atom is -0.313 e. The quantitative estimate of drug-likeness (QED) is 0.184. The maximum Gasteiger partial charge on any atom is 0.156 e. The minimum absolute atomic E-state index is 0.794. The molecule has 0 saturated carbocycles. The van der Waals surface area contributed by atoms with E-state index in [1.54, 1.807) is 0 Å². The van der Waals surface area contributed by atoms with Gasteiger partial charge in [0.2, 0.25) is 0 Å². The normalized spacial score (nSPS) is 13.3. The molecule has 3 heterocycles.